The molecule has 1 heterocycles. The molecule has 4 rings (SSSR count). The minimum absolute atomic E-state index is 0.000432. The minimum atomic E-state index is -4.71. The van der Waals surface area contributed by atoms with Gasteiger partial charge in [-0.25, -0.2) is 0 Å². The van der Waals surface area contributed by atoms with Gasteiger partial charge in [0.2, 0.25) is 0 Å². The summed E-state index contributed by atoms with van der Waals surface area (Å²) < 4.78 is 42.9. The van der Waals surface area contributed by atoms with Crippen LogP contribution in [0.4, 0.5) is 18.2 Å². The van der Waals surface area contributed by atoms with Crippen molar-refractivity contribution in [3.63, 3.8) is 0 Å². The van der Waals surface area contributed by atoms with E-state index in [-0.39, 0.29) is 22.3 Å². The van der Waals surface area contributed by atoms with E-state index in [1.165, 1.54) is 0 Å². The SMILES string of the molecule is O=C(Nc1snnc1C(=O)NC1Cc2ccc(Cl)cc2C1)c1cccc(C(F)(F)F)c1Cl. The van der Waals surface area contributed by atoms with Crippen LogP contribution in [0, 0.1) is 0 Å². The number of fused-ring (bicyclic) bond motifs is 1. The van der Waals surface area contributed by atoms with Crippen LogP contribution in [0.5, 0.6) is 0 Å². The monoisotopic (exact) mass is 500 g/mol. The fourth-order valence-electron chi connectivity index (χ4n) is 3.46. The van der Waals surface area contributed by atoms with Gasteiger partial charge in [0.25, 0.3) is 11.8 Å². The van der Waals surface area contributed by atoms with E-state index in [0.29, 0.717) is 17.9 Å². The Bertz CT molecular complexity index is 1220. The predicted octanol–water partition coefficient (Wildman–Crippen LogP) is 5.01. The van der Waals surface area contributed by atoms with Crippen molar-refractivity contribution in [2.45, 2.75) is 25.1 Å². The molecule has 1 aliphatic rings. The van der Waals surface area contributed by atoms with Gasteiger partial charge >= 0.3 is 6.18 Å². The molecule has 0 fully saturated rings. The summed E-state index contributed by atoms with van der Waals surface area (Å²) in [7, 11) is 0. The minimum Gasteiger partial charge on any atom is -0.347 e. The van der Waals surface area contributed by atoms with Gasteiger partial charge in [0, 0.05) is 22.6 Å². The number of carbonyl (C=O) groups excluding carboxylic acids is 2. The van der Waals surface area contributed by atoms with Crippen LogP contribution >= 0.6 is 34.7 Å². The fourth-order valence-corrected chi connectivity index (χ4v) is 4.54. The molecule has 2 aromatic carbocycles. The molecular formula is C20H13Cl2F3N4O2S. The highest BCUT2D eigenvalue weighted by Crippen LogP contribution is 2.36. The van der Waals surface area contributed by atoms with E-state index < -0.39 is 28.6 Å². The van der Waals surface area contributed by atoms with Crippen molar-refractivity contribution in [3.8, 4) is 0 Å². The number of carbonyl (C=O) groups is 2. The van der Waals surface area contributed by atoms with Gasteiger partial charge in [0.1, 0.15) is 5.00 Å². The van der Waals surface area contributed by atoms with E-state index in [0.717, 1.165) is 40.9 Å². The van der Waals surface area contributed by atoms with Crippen molar-refractivity contribution in [2.75, 3.05) is 5.32 Å². The van der Waals surface area contributed by atoms with Gasteiger partial charge in [-0.3, -0.25) is 9.59 Å². The second-order valence-corrected chi connectivity index (χ2v) is 8.63. The molecule has 166 valence electrons. The highest BCUT2D eigenvalue weighted by Gasteiger charge is 2.35. The third-order valence-corrected chi connectivity index (χ3v) is 6.20. The van der Waals surface area contributed by atoms with Gasteiger partial charge in [0.05, 0.1) is 16.1 Å². The van der Waals surface area contributed by atoms with Gasteiger partial charge in [-0.2, -0.15) is 13.2 Å². The Kier molecular flexibility index (Phi) is 6.11. The van der Waals surface area contributed by atoms with Gasteiger partial charge < -0.3 is 10.6 Å². The van der Waals surface area contributed by atoms with E-state index in [2.05, 4.69) is 20.2 Å². The molecule has 1 aliphatic carbocycles. The molecule has 0 spiro atoms. The van der Waals surface area contributed by atoms with Crippen LogP contribution in [0.1, 0.15) is 37.5 Å². The second-order valence-electron chi connectivity index (χ2n) is 7.06. The normalized spacial score (nSPS) is 15.3. The van der Waals surface area contributed by atoms with Crippen molar-refractivity contribution in [2.24, 2.45) is 0 Å². The van der Waals surface area contributed by atoms with Crippen molar-refractivity contribution >= 4 is 51.5 Å². The highest BCUT2D eigenvalue weighted by molar-refractivity contribution is 7.10. The number of amides is 2. The topological polar surface area (TPSA) is 84.0 Å². The number of benzene rings is 2. The second kappa shape index (κ2) is 8.68. The number of halogens is 5. The van der Waals surface area contributed by atoms with Crippen molar-refractivity contribution in [1.82, 2.24) is 14.9 Å². The first kappa shape index (κ1) is 22.5. The predicted molar refractivity (Wildman–Crippen MR) is 114 cm³/mol. The molecule has 2 amide bonds. The van der Waals surface area contributed by atoms with Crippen molar-refractivity contribution < 1.29 is 22.8 Å². The van der Waals surface area contributed by atoms with E-state index >= 15 is 0 Å². The molecule has 1 unspecified atom stereocenters. The Morgan fingerprint density at radius 2 is 1.81 bits per heavy atom. The van der Waals surface area contributed by atoms with E-state index in [9.17, 15) is 22.8 Å². The van der Waals surface area contributed by atoms with E-state index in [4.69, 9.17) is 23.2 Å². The zero-order valence-corrected chi connectivity index (χ0v) is 18.3. The summed E-state index contributed by atoms with van der Waals surface area (Å²) in [5, 5.41) is 8.85. The molecule has 12 heteroatoms. The summed E-state index contributed by atoms with van der Waals surface area (Å²) in [6.45, 7) is 0. The smallest absolute Gasteiger partial charge is 0.347 e. The molecule has 0 bridgehead atoms. The number of hydrogen-bond acceptors (Lipinski definition) is 5. The fraction of sp³-hybridized carbons (Fsp3) is 0.200. The molecule has 1 aromatic heterocycles. The summed E-state index contributed by atoms with van der Waals surface area (Å²) in [5.74, 6) is -1.47. The lowest BCUT2D eigenvalue weighted by Gasteiger charge is -2.13. The lowest BCUT2D eigenvalue weighted by atomic mass is 10.1. The number of alkyl halides is 3. The van der Waals surface area contributed by atoms with Gasteiger partial charge in [-0.05, 0) is 48.2 Å². The van der Waals surface area contributed by atoms with Crippen LogP contribution in [0.2, 0.25) is 10.0 Å². The Morgan fingerprint density at radius 3 is 2.56 bits per heavy atom. The molecule has 2 N–H and O–H groups in total. The molecule has 3 aromatic rings. The third-order valence-electron chi connectivity index (χ3n) is 4.92. The summed E-state index contributed by atoms with van der Waals surface area (Å²) >= 11 is 12.5. The standard InChI is InChI=1S/C20H13Cl2F3N4O2S/c21-11-5-4-9-7-12(8-10(9)6-11)26-18(31)16-19(32-29-28-16)27-17(30)13-2-1-3-14(15(13)22)20(23,24)25/h1-6,12H,7-8H2,(H,26,31)(H,27,30). The maximum Gasteiger partial charge on any atom is 0.417 e. The zero-order chi connectivity index (χ0) is 23.0. The zero-order valence-electron chi connectivity index (χ0n) is 16.0. The molecular weight excluding hydrogens is 488 g/mol. The van der Waals surface area contributed by atoms with E-state index in [1.807, 2.05) is 12.1 Å². The number of nitrogens with one attached hydrogen (secondary N) is 2. The van der Waals surface area contributed by atoms with Crippen LogP contribution in [0.15, 0.2) is 36.4 Å². The van der Waals surface area contributed by atoms with Gasteiger partial charge in [-0.15, -0.1) is 5.10 Å². The molecule has 0 aliphatic heterocycles. The molecule has 0 radical (unpaired) electrons. The van der Waals surface area contributed by atoms with Crippen LogP contribution in [-0.4, -0.2) is 27.4 Å². The molecule has 32 heavy (non-hydrogen) atoms. The molecule has 0 saturated heterocycles. The summed E-state index contributed by atoms with van der Waals surface area (Å²) in [5.41, 5.74) is 0.452. The molecule has 0 saturated carbocycles. The molecule has 1 atom stereocenters. The number of nitrogens with zero attached hydrogens (tertiary/aromatic N) is 2. The number of hydrogen-bond donors (Lipinski definition) is 2. The summed E-state index contributed by atoms with van der Waals surface area (Å²) in [4.78, 5) is 25.3. The van der Waals surface area contributed by atoms with Crippen LogP contribution < -0.4 is 10.6 Å². The Balaban J connectivity index is 1.48. The Hall–Kier alpha value is -2.69. The maximum absolute atomic E-state index is 13.1. The van der Waals surface area contributed by atoms with Crippen LogP contribution in [0.3, 0.4) is 0 Å². The van der Waals surface area contributed by atoms with Crippen LogP contribution in [-0.2, 0) is 19.0 Å². The first-order valence-electron chi connectivity index (χ1n) is 9.21. The lowest BCUT2D eigenvalue weighted by molar-refractivity contribution is -0.137. The first-order valence-corrected chi connectivity index (χ1v) is 10.7. The van der Waals surface area contributed by atoms with Gasteiger partial charge in [0.15, 0.2) is 5.69 Å². The number of anilines is 1. The van der Waals surface area contributed by atoms with Crippen molar-refractivity contribution in [3.05, 3.63) is 74.4 Å². The van der Waals surface area contributed by atoms with E-state index in [1.54, 1.807) is 6.07 Å². The third kappa shape index (κ3) is 4.57. The molecule has 6 nitrogen and oxygen atoms in total. The lowest BCUT2D eigenvalue weighted by Crippen LogP contribution is -2.36. The summed E-state index contributed by atoms with van der Waals surface area (Å²) in [6, 6.07) is 8.34. The van der Waals surface area contributed by atoms with Gasteiger partial charge in [-0.1, -0.05) is 39.8 Å². The average Bonchev–Trinajstić information content (AvgIpc) is 3.33. The van der Waals surface area contributed by atoms with Crippen molar-refractivity contribution in [1.29, 1.82) is 0 Å². The number of rotatable bonds is 4. The Morgan fingerprint density at radius 1 is 1.06 bits per heavy atom. The Labute approximate surface area is 193 Å². The summed E-state index contributed by atoms with van der Waals surface area (Å²) in [6.07, 6.45) is -3.52. The van der Waals surface area contributed by atoms with Crippen LogP contribution in [0.25, 0.3) is 0 Å². The highest BCUT2D eigenvalue weighted by atomic mass is 35.5. The quantitative estimate of drug-likeness (QED) is 0.527. The number of aromatic nitrogens is 2. The first-order chi connectivity index (χ1) is 15.1. The average molecular weight is 501 g/mol. The maximum atomic E-state index is 13.1. The largest absolute Gasteiger partial charge is 0.417 e.